The Bertz CT molecular complexity index is 6750. The molecule has 0 saturated carbocycles. The highest BCUT2D eigenvalue weighted by molar-refractivity contribution is 6.02. The molecule has 15 aromatic carbocycles. The van der Waals surface area contributed by atoms with Gasteiger partial charge < -0.3 is 18.6 Å². The van der Waals surface area contributed by atoms with Crippen molar-refractivity contribution in [3.63, 3.8) is 0 Å². The van der Waals surface area contributed by atoms with Crippen molar-refractivity contribution in [2.75, 3.05) is 9.80 Å². The van der Waals surface area contributed by atoms with Crippen LogP contribution in [-0.4, -0.2) is 28.7 Å². The summed E-state index contributed by atoms with van der Waals surface area (Å²) in [6, 6.07) is 142. The van der Waals surface area contributed by atoms with Gasteiger partial charge in [0.15, 0.2) is 0 Å². The topological polar surface area (TPSA) is 66.9 Å². The number of para-hydroxylation sites is 2. The summed E-state index contributed by atoms with van der Waals surface area (Å²) >= 11 is 0. The van der Waals surface area contributed by atoms with Crippen LogP contribution in [0, 0.1) is 0 Å². The molecule has 0 atom stereocenters. The van der Waals surface area contributed by atoms with Gasteiger partial charge in [0.1, 0.15) is 11.3 Å². The number of hydrogen-bond donors (Lipinski definition) is 0. The molecule has 8 nitrogen and oxygen atoms in total. The highest BCUT2D eigenvalue weighted by Crippen LogP contribution is 2.66. The number of benzene rings is 15. The van der Waals surface area contributed by atoms with Gasteiger partial charge in [0, 0.05) is 81.2 Å². The van der Waals surface area contributed by atoms with Crippen LogP contribution < -0.4 is 9.80 Å². The molecule has 0 aliphatic heterocycles. The molecule has 0 fully saturated rings. The second-order valence-corrected chi connectivity index (χ2v) is 30.8. The molecular weight excluding hydrogens is 1410 g/mol. The lowest BCUT2D eigenvalue weighted by atomic mass is 9.70. The third kappa shape index (κ3) is 9.74. The van der Waals surface area contributed by atoms with E-state index in [1.54, 1.807) is 0 Å². The van der Waals surface area contributed by atoms with Crippen molar-refractivity contribution in [1.82, 2.24) is 28.7 Å². The molecule has 2 spiro atoms. The second kappa shape index (κ2) is 25.6. The fourth-order valence-corrected chi connectivity index (χ4v) is 19.8. The van der Waals surface area contributed by atoms with Crippen molar-refractivity contribution in [2.45, 2.75) is 10.8 Å². The van der Waals surface area contributed by atoms with E-state index >= 15 is 0 Å². The summed E-state index contributed by atoms with van der Waals surface area (Å²) in [5, 5.41) is 0. The summed E-state index contributed by atoms with van der Waals surface area (Å²) < 4.78 is 4.13. The summed E-state index contributed by atoms with van der Waals surface area (Å²) in [6.45, 7) is 0. The Morgan fingerprint density at radius 3 is 0.784 bits per heavy atom. The zero-order valence-electron chi connectivity index (χ0n) is 62.8. The summed E-state index contributed by atoms with van der Waals surface area (Å²) in [4.78, 5) is 26.6. The molecule has 0 radical (unpaired) electrons. The molecule has 5 aromatic heterocycles. The zero-order valence-corrected chi connectivity index (χ0v) is 62.8. The highest BCUT2D eigenvalue weighted by Gasteiger charge is 2.53. The number of hydrogen-bond acceptors (Lipinski definition) is 6. The van der Waals surface area contributed by atoms with Gasteiger partial charge in [0.05, 0.1) is 44.6 Å². The Morgan fingerprint density at radius 2 is 0.466 bits per heavy atom. The Morgan fingerprint density at radius 1 is 0.198 bits per heavy atom. The van der Waals surface area contributed by atoms with E-state index in [-0.39, 0.29) is 0 Å². The molecule has 0 unspecified atom stereocenters. The van der Waals surface area contributed by atoms with Crippen molar-refractivity contribution in [3.8, 4) is 112 Å². The molecule has 0 N–H and O–H groups in total. The quantitative estimate of drug-likeness (QED) is 0.121. The number of imidazole rings is 2. The fraction of sp³-hybridized carbons (Fsp3) is 0.0185. The van der Waals surface area contributed by atoms with E-state index in [0.29, 0.717) is 0 Å². The van der Waals surface area contributed by atoms with Crippen LogP contribution in [-0.2, 0) is 10.8 Å². The minimum atomic E-state index is -0.570. The molecule has 116 heavy (non-hydrogen) atoms. The number of pyridine rings is 2. The van der Waals surface area contributed by atoms with Gasteiger partial charge in [0.25, 0.3) is 0 Å². The number of fused-ring (bicyclic) bond motifs is 23. The van der Waals surface area contributed by atoms with Crippen LogP contribution in [0.2, 0.25) is 0 Å². The van der Waals surface area contributed by atoms with Crippen LogP contribution in [0.5, 0.6) is 0 Å². The number of nitrogens with zero attached hydrogens (tertiary/aromatic N) is 8. The van der Waals surface area contributed by atoms with Gasteiger partial charge in [-0.3, -0.25) is 0 Å². The standard InChI is InChI=1S/C108H68N8/c1-3-23-75(24-4-1)115(77-51-41-69(42-52-77)101-67-113-61-21-19-39-103(113)109-101)79-55-45-71(46-56-79)105-106(72-47-57-80(58-48-72)116(76-25-5-2-6-26-76)78-53-43-70(44-54-78)102-68-114-62-22-20-40-104(114)110-102)112-100-66-90(74-50-60-88-86-32-12-18-38-96(86)108(98(88)64-74)93-35-15-9-29-83(93)84-30-10-16-36-94(84)108)89(65-99(100)111-105)73-49-59-87-85-31-11-17-37-95(85)107(97(87)63-73)91-33-13-7-27-81(91)82-28-8-14-34-92(82)107/h1-68H. The molecule has 5 heterocycles. The normalized spacial score (nSPS) is 13.1. The largest absolute Gasteiger partial charge is 0.311 e. The van der Waals surface area contributed by atoms with Crippen LogP contribution in [0.15, 0.2) is 413 Å². The molecular formula is C108H68N8. The zero-order chi connectivity index (χ0) is 76.2. The summed E-state index contributed by atoms with van der Waals surface area (Å²) in [7, 11) is 0. The van der Waals surface area contributed by atoms with Gasteiger partial charge in [-0.25, -0.2) is 19.9 Å². The van der Waals surface area contributed by atoms with Crippen molar-refractivity contribution in [3.05, 3.63) is 458 Å². The summed E-state index contributed by atoms with van der Waals surface area (Å²) in [5.74, 6) is 0. The van der Waals surface area contributed by atoms with E-state index in [1.165, 1.54) is 89.0 Å². The number of aromatic nitrogens is 6. The maximum absolute atomic E-state index is 6.01. The molecule has 540 valence electrons. The van der Waals surface area contributed by atoms with Gasteiger partial charge in [-0.05, 0) is 233 Å². The molecule has 0 bridgehead atoms. The van der Waals surface area contributed by atoms with Crippen molar-refractivity contribution in [2.24, 2.45) is 0 Å². The van der Waals surface area contributed by atoms with Gasteiger partial charge in [-0.2, -0.15) is 0 Å². The first-order chi connectivity index (χ1) is 57.5. The lowest BCUT2D eigenvalue weighted by Gasteiger charge is -2.31. The first-order valence-corrected chi connectivity index (χ1v) is 39.7. The number of rotatable bonds is 12. The Hall–Kier alpha value is -15.4. The molecule has 4 aliphatic carbocycles. The van der Waals surface area contributed by atoms with E-state index in [2.05, 4.69) is 383 Å². The predicted octanol–water partition coefficient (Wildman–Crippen LogP) is 26.6. The van der Waals surface area contributed by atoms with E-state index in [1.807, 2.05) is 48.8 Å². The van der Waals surface area contributed by atoms with Crippen LogP contribution in [0.4, 0.5) is 34.1 Å². The molecule has 0 amide bonds. The van der Waals surface area contributed by atoms with Crippen molar-refractivity contribution < 1.29 is 0 Å². The maximum atomic E-state index is 6.01. The first-order valence-electron chi connectivity index (χ1n) is 39.7. The van der Waals surface area contributed by atoms with E-state index < -0.39 is 10.8 Å². The van der Waals surface area contributed by atoms with Gasteiger partial charge in [0.2, 0.25) is 0 Å². The highest BCUT2D eigenvalue weighted by atomic mass is 15.1. The van der Waals surface area contributed by atoms with E-state index in [4.69, 9.17) is 19.9 Å². The summed E-state index contributed by atoms with van der Waals surface area (Å²) in [5.41, 5.74) is 40.4. The maximum Gasteiger partial charge on any atom is 0.137 e. The van der Waals surface area contributed by atoms with Gasteiger partial charge in [-0.15, -0.1) is 0 Å². The first kappa shape index (κ1) is 65.3. The average molecular weight is 1480 g/mol. The van der Waals surface area contributed by atoms with Crippen LogP contribution in [0.25, 0.3) is 134 Å². The SMILES string of the molecule is c1ccc(N(c2ccc(-c3cn4ccccc4n3)cc2)c2ccc(-c3nc4cc(-c5ccc6c(c5)C5(c7ccccc7-c7ccccc75)c5ccccc5-6)c(-c5ccc6c(c5)C5(c7ccccc7-c7ccccc75)c5ccccc5-6)cc4nc3-c3ccc(N(c4ccccc4)c4ccc(-c5cn6ccccc6n5)cc4)cc3)cc2)cc1. The van der Waals surface area contributed by atoms with Gasteiger partial charge >= 0.3 is 0 Å². The van der Waals surface area contributed by atoms with Crippen molar-refractivity contribution >= 4 is 56.5 Å². The Labute approximate surface area is 670 Å². The lowest BCUT2D eigenvalue weighted by molar-refractivity contribution is 0.794. The fourth-order valence-electron chi connectivity index (χ4n) is 19.8. The van der Waals surface area contributed by atoms with E-state index in [9.17, 15) is 0 Å². The van der Waals surface area contributed by atoms with Gasteiger partial charge in [-0.1, -0.05) is 267 Å². The molecule has 8 heteroatoms. The third-order valence-corrected chi connectivity index (χ3v) is 24.8. The van der Waals surface area contributed by atoms with Crippen LogP contribution >= 0.6 is 0 Å². The van der Waals surface area contributed by atoms with E-state index in [0.717, 1.165) is 124 Å². The Balaban J connectivity index is 0.714. The van der Waals surface area contributed by atoms with Crippen LogP contribution in [0.3, 0.4) is 0 Å². The monoisotopic (exact) mass is 1480 g/mol. The predicted molar refractivity (Wildman–Crippen MR) is 472 cm³/mol. The minimum Gasteiger partial charge on any atom is -0.311 e. The molecule has 4 aliphatic rings. The minimum absolute atomic E-state index is 0.570. The molecule has 24 rings (SSSR count). The second-order valence-electron chi connectivity index (χ2n) is 30.8. The van der Waals surface area contributed by atoms with Crippen LogP contribution in [0.1, 0.15) is 44.5 Å². The Kier molecular flexibility index (Phi) is 14.4. The third-order valence-electron chi connectivity index (χ3n) is 24.8. The lowest BCUT2D eigenvalue weighted by Crippen LogP contribution is -2.25. The average Bonchev–Trinajstić information content (AvgIpc) is 1.51. The summed E-state index contributed by atoms with van der Waals surface area (Å²) in [6.07, 6.45) is 8.26. The molecule has 0 saturated heterocycles. The molecule has 20 aromatic rings. The van der Waals surface area contributed by atoms with Crippen molar-refractivity contribution in [1.29, 1.82) is 0 Å². The number of anilines is 6. The smallest absolute Gasteiger partial charge is 0.137 e.